The molecule has 1 amide bonds. The van der Waals surface area contributed by atoms with Crippen molar-refractivity contribution >= 4 is 28.1 Å². The van der Waals surface area contributed by atoms with Crippen molar-refractivity contribution in [1.29, 1.82) is 0 Å². The Bertz CT molecular complexity index is 630. The fourth-order valence-corrected chi connectivity index (χ4v) is 1.91. The predicted molar refractivity (Wildman–Crippen MR) is 79.5 cm³/mol. The molecule has 2 aromatic rings. The van der Waals surface area contributed by atoms with Crippen molar-refractivity contribution in [2.75, 3.05) is 0 Å². The van der Waals surface area contributed by atoms with Crippen LogP contribution in [0.15, 0.2) is 52.3 Å². The number of phenolic OH excluding ortho intramolecular Hbond substituents is 1. The summed E-state index contributed by atoms with van der Waals surface area (Å²) in [4.78, 5) is 15.6. The number of hydrazone groups is 1. The molecule has 102 valence electrons. The first-order valence-electron chi connectivity index (χ1n) is 5.84. The SMILES string of the molecule is O=C(Cc1cccnc1)NN=Cc1ccc(O)c(Br)c1. The minimum atomic E-state index is -0.216. The highest BCUT2D eigenvalue weighted by atomic mass is 79.9. The third kappa shape index (κ3) is 4.17. The lowest BCUT2D eigenvalue weighted by Gasteiger charge is -2.00. The lowest BCUT2D eigenvalue weighted by atomic mass is 10.2. The zero-order valence-electron chi connectivity index (χ0n) is 10.5. The van der Waals surface area contributed by atoms with Crippen LogP contribution >= 0.6 is 15.9 Å². The van der Waals surface area contributed by atoms with Gasteiger partial charge in [-0.1, -0.05) is 6.07 Å². The molecule has 0 fully saturated rings. The molecular formula is C14H12BrN3O2. The molecule has 20 heavy (non-hydrogen) atoms. The third-order valence-corrected chi connectivity index (χ3v) is 3.10. The van der Waals surface area contributed by atoms with E-state index in [4.69, 9.17) is 0 Å². The van der Waals surface area contributed by atoms with Crippen LogP contribution < -0.4 is 5.43 Å². The summed E-state index contributed by atoms with van der Waals surface area (Å²) in [7, 11) is 0. The van der Waals surface area contributed by atoms with Crippen molar-refractivity contribution in [2.45, 2.75) is 6.42 Å². The van der Waals surface area contributed by atoms with E-state index >= 15 is 0 Å². The maximum Gasteiger partial charge on any atom is 0.244 e. The quantitative estimate of drug-likeness (QED) is 0.665. The molecule has 1 aromatic carbocycles. The minimum absolute atomic E-state index is 0.155. The van der Waals surface area contributed by atoms with Crippen molar-refractivity contribution in [3.8, 4) is 5.75 Å². The van der Waals surface area contributed by atoms with E-state index in [2.05, 4.69) is 31.4 Å². The van der Waals surface area contributed by atoms with Gasteiger partial charge in [-0.05, 0) is 51.3 Å². The van der Waals surface area contributed by atoms with Gasteiger partial charge in [-0.2, -0.15) is 5.10 Å². The van der Waals surface area contributed by atoms with Gasteiger partial charge in [-0.3, -0.25) is 9.78 Å². The molecule has 2 rings (SSSR count). The van der Waals surface area contributed by atoms with E-state index in [1.807, 2.05) is 6.07 Å². The number of nitrogens with zero attached hydrogens (tertiary/aromatic N) is 2. The van der Waals surface area contributed by atoms with Gasteiger partial charge in [0.15, 0.2) is 0 Å². The molecule has 0 saturated heterocycles. The molecule has 5 nitrogen and oxygen atoms in total. The Kier molecular flexibility index (Phi) is 4.84. The first-order valence-corrected chi connectivity index (χ1v) is 6.64. The molecule has 0 aliphatic rings. The number of pyridine rings is 1. The first kappa shape index (κ1) is 14.2. The standard InChI is InChI=1S/C14H12BrN3O2/c15-12-6-11(3-4-13(12)19)9-17-18-14(20)7-10-2-1-5-16-8-10/h1-6,8-9,19H,7H2,(H,18,20). The average Bonchev–Trinajstić information content (AvgIpc) is 2.44. The van der Waals surface area contributed by atoms with E-state index in [0.717, 1.165) is 11.1 Å². The van der Waals surface area contributed by atoms with Crippen molar-refractivity contribution in [3.05, 3.63) is 58.3 Å². The molecule has 1 aromatic heterocycles. The van der Waals surface area contributed by atoms with Gasteiger partial charge < -0.3 is 5.11 Å². The third-order valence-electron chi connectivity index (χ3n) is 2.46. The zero-order chi connectivity index (χ0) is 14.4. The number of aromatic hydroxyl groups is 1. The van der Waals surface area contributed by atoms with Gasteiger partial charge in [-0.15, -0.1) is 0 Å². The van der Waals surface area contributed by atoms with Crippen LogP contribution in [0.4, 0.5) is 0 Å². The van der Waals surface area contributed by atoms with Crippen LogP contribution in [0.2, 0.25) is 0 Å². The summed E-state index contributed by atoms with van der Waals surface area (Å²) >= 11 is 3.21. The molecule has 0 bridgehead atoms. The summed E-state index contributed by atoms with van der Waals surface area (Å²) in [5, 5.41) is 13.2. The number of amides is 1. The highest BCUT2D eigenvalue weighted by Gasteiger charge is 2.01. The van der Waals surface area contributed by atoms with Crippen LogP contribution in [0.1, 0.15) is 11.1 Å². The molecule has 0 saturated carbocycles. The zero-order valence-corrected chi connectivity index (χ0v) is 12.0. The first-order chi connectivity index (χ1) is 9.65. The Balaban J connectivity index is 1.89. The molecule has 0 atom stereocenters. The largest absolute Gasteiger partial charge is 0.507 e. The summed E-state index contributed by atoms with van der Waals surface area (Å²) in [6, 6.07) is 8.54. The molecule has 0 spiro atoms. The highest BCUT2D eigenvalue weighted by molar-refractivity contribution is 9.10. The molecule has 2 N–H and O–H groups in total. The molecule has 6 heteroatoms. The van der Waals surface area contributed by atoms with Crippen LogP contribution in [0.5, 0.6) is 5.75 Å². The Morgan fingerprint density at radius 2 is 2.30 bits per heavy atom. The molecular weight excluding hydrogens is 322 g/mol. The lowest BCUT2D eigenvalue weighted by molar-refractivity contribution is -0.120. The number of carbonyl (C=O) groups is 1. The number of hydrogen-bond acceptors (Lipinski definition) is 4. The van der Waals surface area contributed by atoms with Crippen LogP contribution in [-0.4, -0.2) is 22.2 Å². The Labute approximate surface area is 124 Å². The number of carbonyl (C=O) groups excluding carboxylic acids is 1. The van der Waals surface area contributed by atoms with Crippen LogP contribution in [0.3, 0.4) is 0 Å². The summed E-state index contributed by atoms with van der Waals surface area (Å²) < 4.78 is 0.572. The van der Waals surface area contributed by atoms with Gasteiger partial charge in [0.1, 0.15) is 5.75 Å². The second kappa shape index (κ2) is 6.81. The predicted octanol–water partition coefficient (Wildman–Crippen LogP) is 2.24. The van der Waals surface area contributed by atoms with Crippen LogP contribution in [0, 0.1) is 0 Å². The topological polar surface area (TPSA) is 74.6 Å². The number of phenols is 1. The van der Waals surface area contributed by atoms with Crippen molar-refractivity contribution < 1.29 is 9.90 Å². The maximum atomic E-state index is 11.6. The van der Waals surface area contributed by atoms with Gasteiger partial charge in [0.25, 0.3) is 0 Å². The van der Waals surface area contributed by atoms with Gasteiger partial charge >= 0.3 is 0 Å². The number of nitrogens with one attached hydrogen (secondary N) is 1. The smallest absolute Gasteiger partial charge is 0.244 e. The van der Waals surface area contributed by atoms with Crippen molar-refractivity contribution in [1.82, 2.24) is 10.4 Å². The minimum Gasteiger partial charge on any atom is -0.507 e. The summed E-state index contributed by atoms with van der Waals surface area (Å²) in [5.41, 5.74) is 4.03. The van der Waals surface area contributed by atoms with E-state index < -0.39 is 0 Å². The summed E-state index contributed by atoms with van der Waals surface area (Å²) in [6.07, 6.45) is 5.03. The number of rotatable bonds is 4. The Morgan fingerprint density at radius 3 is 3.00 bits per heavy atom. The van der Waals surface area contributed by atoms with E-state index in [1.54, 1.807) is 36.7 Å². The van der Waals surface area contributed by atoms with E-state index in [0.29, 0.717) is 4.47 Å². The summed E-state index contributed by atoms with van der Waals surface area (Å²) in [6.45, 7) is 0. The van der Waals surface area contributed by atoms with E-state index in [9.17, 15) is 9.90 Å². The Morgan fingerprint density at radius 1 is 1.45 bits per heavy atom. The number of benzene rings is 1. The van der Waals surface area contributed by atoms with E-state index in [-0.39, 0.29) is 18.1 Å². The fraction of sp³-hybridized carbons (Fsp3) is 0.0714. The van der Waals surface area contributed by atoms with Crippen molar-refractivity contribution in [2.24, 2.45) is 5.10 Å². The second-order valence-corrected chi connectivity index (χ2v) is 4.90. The summed E-state index contributed by atoms with van der Waals surface area (Å²) in [5.74, 6) is -0.0603. The van der Waals surface area contributed by atoms with E-state index in [1.165, 1.54) is 6.21 Å². The molecule has 0 aliphatic heterocycles. The lowest BCUT2D eigenvalue weighted by Crippen LogP contribution is -2.19. The average molecular weight is 334 g/mol. The second-order valence-electron chi connectivity index (χ2n) is 4.04. The molecule has 0 aliphatic carbocycles. The van der Waals surface area contributed by atoms with Crippen LogP contribution in [-0.2, 0) is 11.2 Å². The van der Waals surface area contributed by atoms with Gasteiger partial charge in [0.2, 0.25) is 5.91 Å². The number of aromatic nitrogens is 1. The van der Waals surface area contributed by atoms with Crippen LogP contribution in [0.25, 0.3) is 0 Å². The normalized spacial score (nSPS) is 10.7. The molecule has 0 unspecified atom stereocenters. The molecule has 0 radical (unpaired) electrons. The maximum absolute atomic E-state index is 11.6. The van der Waals surface area contributed by atoms with Gasteiger partial charge in [0, 0.05) is 12.4 Å². The van der Waals surface area contributed by atoms with Crippen molar-refractivity contribution in [3.63, 3.8) is 0 Å². The fourth-order valence-electron chi connectivity index (χ4n) is 1.51. The monoisotopic (exact) mass is 333 g/mol. The van der Waals surface area contributed by atoms with Gasteiger partial charge in [0.05, 0.1) is 17.1 Å². The Hall–Kier alpha value is -2.21. The highest BCUT2D eigenvalue weighted by Crippen LogP contribution is 2.23. The molecule has 1 heterocycles. The van der Waals surface area contributed by atoms with Gasteiger partial charge in [-0.25, -0.2) is 5.43 Å². The number of hydrogen-bond donors (Lipinski definition) is 2. The number of halogens is 1.